The van der Waals surface area contributed by atoms with E-state index in [0.29, 0.717) is 40.8 Å². The third-order valence-electron chi connectivity index (χ3n) is 6.41. The largest absolute Gasteiger partial charge is 0.350 e. The Morgan fingerprint density at radius 3 is 2.64 bits per heavy atom. The van der Waals surface area contributed by atoms with Gasteiger partial charge in [0.1, 0.15) is 0 Å². The van der Waals surface area contributed by atoms with Crippen LogP contribution in [0.15, 0.2) is 83.1 Å². The van der Waals surface area contributed by atoms with Crippen LogP contribution in [-0.4, -0.2) is 27.9 Å². The second-order valence-corrected chi connectivity index (χ2v) is 10.9. The Morgan fingerprint density at radius 1 is 1.15 bits per heavy atom. The summed E-state index contributed by atoms with van der Waals surface area (Å²) in [4.78, 5) is 17.8. The molecule has 7 heteroatoms. The lowest BCUT2D eigenvalue weighted by Gasteiger charge is -2.17. The Balaban J connectivity index is 1.99. The van der Waals surface area contributed by atoms with Crippen LogP contribution in [0.3, 0.4) is 0 Å². The number of hydrogen-bond donors (Lipinski definition) is 1. The van der Waals surface area contributed by atoms with Gasteiger partial charge in [0.2, 0.25) is 0 Å². The van der Waals surface area contributed by atoms with Crippen molar-refractivity contribution in [1.29, 1.82) is 0 Å². The number of rotatable bonds is 9. The molecular weight excluding hydrogens is 527 g/mol. The van der Waals surface area contributed by atoms with Gasteiger partial charge in [0.05, 0.1) is 16.4 Å². The Bertz CT molecular complexity index is 1350. The summed E-state index contributed by atoms with van der Waals surface area (Å²) in [5, 5.41) is 8.93. The highest BCUT2D eigenvalue weighted by atomic mass is 35.5. The third-order valence-corrected chi connectivity index (χ3v) is 6.95. The van der Waals surface area contributed by atoms with Crippen LogP contribution >= 0.6 is 23.2 Å². The molecule has 0 aliphatic heterocycles. The third kappa shape index (κ3) is 8.94. The average Bonchev–Trinajstić information content (AvgIpc) is 3.20. The quantitative estimate of drug-likeness (QED) is 0.245. The smallest absolute Gasteiger partial charge is 0.272 e. The maximum atomic E-state index is 13.4. The zero-order chi connectivity index (χ0) is 28.4. The number of aromatic nitrogens is 2. The van der Waals surface area contributed by atoms with Gasteiger partial charge in [-0.25, -0.2) is 4.68 Å². The number of benzene rings is 1. The van der Waals surface area contributed by atoms with Crippen LogP contribution in [0.4, 0.5) is 0 Å². The predicted molar refractivity (Wildman–Crippen MR) is 166 cm³/mol. The van der Waals surface area contributed by atoms with Crippen molar-refractivity contribution in [2.24, 2.45) is 4.99 Å². The van der Waals surface area contributed by atoms with Crippen molar-refractivity contribution >= 4 is 34.8 Å². The maximum Gasteiger partial charge on any atom is 0.272 e. The number of nitrogens with zero attached hydrogens (tertiary/aromatic N) is 3. The molecule has 1 N–H and O–H groups in total. The molecule has 2 aromatic rings. The maximum absolute atomic E-state index is 13.4. The van der Waals surface area contributed by atoms with Gasteiger partial charge in [0.15, 0.2) is 5.69 Å². The summed E-state index contributed by atoms with van der Waals surface area (Å²) in [5.41, 5.74) is 7.83. The van der Waals surface area contributed by atoms with Crippen LogP contribution in [0.25, 0.3) is 5.69 Å². The molecule has 0 spiro atoms. The van der Waals surface area contributed by atoms with E-state index in [1.807, 2.05) is 17.7 Å². The first-order valence-electron chi connectivity index (χ1n) is 13.4. The molecule has 0 atom stereocenters. The van der Waals surface area contributed by atoms with Gasteiger partial charge in [-0.15, -0.1) is 0 Å². The average molecular weight is 566 g/mol. The SMILES string of the molecule is C=C/C=C\N=C(C)CCNC(=O)c1nn(-c2ccc(Cl)cc2Cl)c2c1CCCC/C(=C\C(C)=C\C=C(C)C)C2. The minimum Gasteiger partial charge on any atom is -0.350 e. The molecule has 3 rings (SSSR count). The fourth-order valence-corrected chi connectivity index (χ4v) is 4.94. The van der Waals surface area contributed by atoms with Crippen molar-refractivity contribution in [3.63, 3.8) is 0 Å². The Kier molecular flexibility index (Phi) is 11.6. The van der Waals surface area contributed by atoms with E-state index in [-0.39, 0.29) is 5.91 Å². The molecule has 1 aromatic heterocycles. The second kappa shape index (κ2) is 14.9. The molecule has 1 amide bonds. The fraction of sp³-hybridized carbons (Fsp3) is 0.344. The molecule has 0 unspecified atom stereocenters. The molecule has 0 fully saturated rings. The molecule has 39 heavy (non-hydrogen) atoms. The summed E-state index contributed by atoms with van der Waals surface area (Å²) in [5.74, 6) is -0.185. The van der Waals surface area contributed by atoms with E-state index in [4.69, 9.17) is 28.3 Å². The molecule has 0 saturated carbocycles. The second-order valence-electron chi connectivity index (χ2n) is 10.1. The van der Waals surface area contributed by atoms with Crippen LogP contribution in [0, 0.1) is 0 Å². The van der Waals surface area contributed by atoms with E-state index in [0.717, 1.165) is 42.7 Å². The number of aliphatic imine (C=N–C) groups is 1. The van der Waals surface area contributed by atoms with Crippen molar-refractivity contribution in [3.8, 4) is 5.69 Å². The Labute approximate surface area is 242 Å². The minimum absolute atomic E-state index is 0.185. The van der Waals surface area contributed by atoms with Crippen LogP contribution in [0.1, 0.15) is 75.1 Å². The van der Waals surface area contributed by atoms with Gasteiger partial charge in [-0.2, -0.15) is 5.10 Å². The summed E-state index contributed by atoms with van der Waals surface area (Å²) in [7, 11) is 0. The van der Waals surface area contributed by atoms with Crippen LogP contribution in [0.2, 0.25) is 10.0 Å². The van der Waals surface area contributed by atoms with E-state index in [1.165, 1.54) is 16.7 Å². The topological polar surface area (TPSA) is 59.3 Å². The van der Waals surface area contributed by atoms with E-state index in [9.17, 15) is 4.79 Å². The molecule has 5 nitrogen and oxygen atoms in total. The van der Waals surface area contributed by atoms with Crippen LogP contribution < -0.4 is 5.32 Å². The first kappa shape index (κ1) is 30.4. The number of halogens is 2. The van der Waals surface area contributed by atoms with Gasteiger partial charge in [0.25, 0.3) is 5.91 Å². The fourth-order valence-electron chi connectivity index (χ4n) is 4.45. The van der Waals surface area contributed by atoms with Gasteiger partial charge >= 0.3 is 0 Å². The normalized spacial score (nSPS) is 15.6. The Hall–Kier alpha value is -3.15. The van der Waals surface area contributed by atoms with Crippen molar-refractivity contribution in [2.75, 3.05) is 6.54 Å². The number of amides is 1. The molecule has 0 radical (unpaired) electrons. The summed E-state index contributed by atoms with van der Waals surface area (Å²) in [6.45, 7) is 12.4. The summed E-state index contributed by atoms with van der Waals surface area (Å²) in [6.07, 6.45) is 16.8. The molecule has 1 aliphatic rings. The lowest BCUT2D eigenvalue weighted by molar-refractivity contribution is 0.0948. The number of nitrogens with one attached hydrogen (secondary N) is 1. The van der Waals surface area contributed by atoms with E-state index in [2.05, 4.69) is 55.9 Å². The van der Waals surface area contributed by atoms with Gasteiger partial charge in [-0.1, -0.05) is 70.8 Å². The highest BCUT2D eigenvalue weighted by molar-refractivity contribution is 6.35. The highest BCUT2D eigenvalue weighted by Gasteiger charge is 2.26. The van der Waals surface area contributed by atoms with Crippen LogP contribution in [0.5, 0.6) is 0 Å². The van der Waals surface area contributed by atoms with E-state index >= 15 is 0 Å². The summed E-state index contributed by atoms with van der Waals surface area (Å²) < 4.78 is 1.84. The van der Waals surface area contributed by atoms with E-state index in [1.54, 1.807) is 30.5 Å². The number of fused-ring (bicyclic) bond motifs is 1. The van der Waals surface area contributed by atoms with Crippen molar-refractivity contribution in [2.45, 2.75) is 66.2 Å². The van der Waals surface area contributed by atoms with Gasteiger partial charge in [0, 0.05) is 41.9 Å². The van der Waals surface area contributed by atoms with Crippen molar-refractivity contribution < 1.29 is 4.79 Å². The molecular formula is C32H38Cl2N4O. The number of carbonyl (C=O) groups excluding carboxylic acids is 1. The monoisotopic (exact) mass is 564 g/mol. The zero-order valence-electron chi connectivity index (χ0n) is 23.4. The predicted octanol–water partition coefficient (Wildman–Crippen LogP) is 8.57. The number of hydrogen-bond acceptors (Lipinski definition) is 3. The lowest BCUT2D eigenvalue weighted by Crippen LogP contribution is -2.27. The minimum atomic E-state index is -0.185. The highest BCUT2D eigenvalue weighted by Crippen LogP contribution is 2.32. The van der Waals surface area contributed by atoms with Gasteiger partial charge < -0.3 is 5.32 Å². The zero-order valence-corrected chi connectivity index (χ0v) is 24.9. The van der Waals surface area contributed by atoms with Crippen molar-refractivity contribution in [3.05, 3.63) is 105 Å². The van der Waals surface area contributed by atoms with Crippen molar-refractivity contribution in [1.82, 2.24) is 15.1 Å². The molecule has 1 aliphatic carbocycles. The van der Waals surface area contributed by atoms with Gasteiger partial charge in [-0.05, 0) is 77.7 Å². The van der Waals surface area contributed by atoms with Gasteiger partial charge in [-0.3, -0.25) is 9.79 Å². The molecule has 1 heterocycles. The van der Waals surface area contributed by atoms with Crippen LogP contribution in [-0.2, 0) is 12.8 Å². The molecule has 1 aromatic carbocycles. The summed E-state index contributed by atoms with van der Waals surface area (Å²) >= 11 is 12.8. The first-order chi connectivity index (χ1) is 18.7. The lowest BCUT2D eigenvalue weighted by atomic mass is 9.92. The Morgan fingerprint density at radius 2 is 1.92 bits per heavy atom. The number of carbonyl (C=O) groups is 1. The molecule has 206 valence electrons. The van der Waals surface area contributed by atoms with E-state index < -0.39 is 0 Å². The molecule has 0 saturated heterocycles. The first-order valence-corrected chi connectivity index (χ1v) is 14.1. The number of allylic oxidation sites excluding steroid dienone is 8. The molecule has 0 bridgehead atoms. The standard InChI is InChI=1S/C32H38Cl2N4O/c1-6-7-17-35-24(5)16-18-36-32(39)31-27-11-9-8-10-25(19-23(4)13-12-22(2)3)20-30(27)38(37-31)29-15-14-26(33)21-28(29)34/h6-7,12-15,17,19,21H,1,8-11,16,18,20H2,2-5H3,(H,36,39)/b17-7-,23-13+,25-19+,35-24?. The summed E-state index contributed by atoms with van der Waals surface area (Å²) in [6, 6.07) is 5.37.